The first-order chi connectivity index (χ1) is 13.2. The van der Waals surface area contributed by atoms with E-state index in [-0.39, 0.29) is 5.91 Å². The molecule has 0 saturated heterocycles. The number of carbonyl (C=O) groups is 1. The highest BCUT2D eigenvalue weighted by Gasteiger charge is 2.10. The van der Waals surface area contributed by atoms with Crippen molar-refractivity contribution >= 4 is 34.4 Å². The number of hydrogen-bond donors (Lipinski definition) is 2. The van der Waals surface area contributed by atoms with Crippen molar-refractivity contribution in [3.63, 3.8) is 0 Å². The number of carbonyl (C=O) groups excluding carboxylic acids is 1. The Morgan fingerprint density at radius 1 is 1.22 bits per heavy atom. The van der Waals surface area contributed by atoms with E-state index in [1.54, 1.807) is 46.9 Å². The van der Waals surface area contributed by atoms with E-state index < -0.39 is 0 Å². The lowest BCUT2D eigenvalue weighted by molar-refractivity contribution is 0.102. The maximum absolute atomic E-state index is 12.4. The maximum Gasteiger partial charge on any atom is 0.256 e. The molecule has 1 amide bonds. The van der Waals surface area contributed by atoms with Gasteiger partial charge in [0.1, 0.15) is 12.4 Å². The smallest absolute Gasteiger partial charge is 0.256 e. The van der Waals surface area contributed by atoms with Crippen molar-refractivity contribution in [1.82, 2.24) is 15.2 Å². The fourth-order valence-corrected chi connectivity index (χ4v) is 3.76. The molecule has 4 aromatic rings. The molecule has 1 aromatic carbocycles. The van der Waals surface area contributed by atoms with E-state index in [0.29, 0.717) is 23.7 Å². The molecular formula is C19H16N4O2S2. The van der Waals surface area contributed by atoms with Crippen LogP contribution in [0.2, 0.25) is 0 Å². The summed E-state index contributed by atoms with van der Waals surface area (Å²) >= 11 is 3.20. The molecule has 0 aliphatic rings. The van der Waals surface area contributed by atoms with Crippen LogP contribution in [0.1, 0.15) is 21.1 Å². The van der Waals surface area contributed by atoms with Crippen LogP contribution >= 0.6 is 22.7 Å². The van der Waals surface area contributed by atoms with Gasteiger partial charge < -0.3 is 10.1 Å². The molecule has 136 valence electrons. The number of nitrogens with one attached hydrogen (secondary N) is 2. The molecule has 0 fully saturated rings. The number of aromatic nitrogens is 3. The van der Waals surface area contributed by atoms with Crippen molar-refractivity contribution in [2.45, 2.75) is 13.5 Å². The molecule has 8 heteroatoms. The largest absolute Gasteiger partial charge is 0.487 e. The number of thiazole rings is 1. The van der Waals surface area contributed by atoms with Crippen molar-refractivity contribution in [2.75, 3.05) is 5.32 Å². The van der Waals surface area contributed by atoms with Gasteiger partial charge in [0.15, 0.2) is 5.82 Å². The summed E-state index contributed by atoms with van der Waals surface area (Å²) in [6.07, 6.45) is 0. The number of nitrogens with zero attached hydrogens (tertiary/aromatic N) is 2. The molecule has 0 aliphatic carbocycles. The standard InChI is InChI=1S/C19H16N4O2S2/c1-12-20-14(11-27-12)10-25-15-6-4-13(5-7-15)19(24)21-18-9-16(22-23-18)17-3-2-8-26-17/h2-9,11H,10H2,1H3,(H2,21,22,23,24). The molecule has 0 bridgehead atoms. The van der Waals surface area contributed by atoms with Crippen LogP contribution in [0.15, 0.2) is 53.2 Å². The van der Waals surface area contributed by atoms with E-state index in [2.05, 4.69) is 20.5 Å². The van der Waals surface area contributed by atoms with E-state index in [1.807, 2.05) is 35.9 Å². The molecule has 0 spiro atoms. The average molecular weight is 396 g/mol. The molecule has 0 radical (unpaired) electrons. The lowest BCUT2D eigenvalue weighted by Crippen LogP contribution is -2.12. The minimum Gasteiger partial charge on any atom is -0.487 e. The predicted octanol–water partition coefficient (Wildman–Crippen LogP) is 4.73. The first kappa shape index (κ1) is 17.4. The number of ether oxygens (including phenoxy) is 1. The second kappa shape index (κ2) is 7.73. The van der Waals surface area contributed by atoms with E-state index in [4.69, 9.17) is 4.74 Å². The van der Waals surface area contributed by atoms with Gasteiger partial charge in [0.2, 0.25) is 0 Å². The van der Waals surface area contributed by atoms with Gasteiger partial charge in [0.25, 0.3) is 5.91 Å². The zero-order chi connectivity index (χ0) is 18.6. The van der Waals surface area contributed by atoms with Gasteiger partial charge in [-0.25, -0.2) is 4.98 Å². The van der Waals surface area contributed by atoms with Gasteiger partial charge in [0, 0.05) is 17.0 Å². The molecule has 3 aromatic heterocycles. The Kier molecular flexibility index (Phi) is 4.99. The van der Waals surface area contributed by atoms with Crippen molar-refractivity contribution in [3.05, 3.63) is 69.5 Å². The average Bonchev–Trinajstić information content (AvgIpc) is 3.42. The first-order valence-electron chi connectivity index (χ1n) is 8.22. The summed E-state index contributed by atoms with van der Waals surface area (Å²) in [5.74, 6) is 0.959. The number of aromatic amines is 1. The van der Waals surface area contributed by atoms with Crippen molar-refractivity contribution in [3.8, 4) is 16.3 Å². The second-order valence-electron chi connectivity index (χ2n) is 5.77. The molecule has 0 unspecified atom stereocenters. The number of anilines is 1. The number of aryl methyl sites for hydroxylation is 1. The fourth-order valence-electron chi connectivity index (χ4n) is 2.47. The number of benzene rings is 1. The molecule has 3 heterocycles. The van der Waals surface area contributed by atoms with Crippen molar-refractivity contribution < 1.29 is 9.53 Å². The fraction of sp³-hybridized carbons (Fsp3) is 0.105. The lowest BCUT2D eigenvalue weighted by Gasteiger charge is -2.06. The van der Waals surface area contributed by atoms with Crippen LogP contribution in [-0.4, -0.2) is 21.1 Å². The van der Waals surface area contributed by atoms with Gasteiger partial charge in [0.05, 0.1) is 21.3 Å². The summed E-state index contributed by atoms with van der Waals surface area (Å²) < 4.78 is 5.70. The number of thiophene rings is 1. The van der Waals surface area contributed by atoms with E-state index >= 15 is 0 Å². The van der Waals surface area contributed by atoms with Gasteiger partial charge in [-0.1, -0.05) is 6.07 Å². The van der Waals surface area contributed by atoms with Crippen LogP contribution in [0, 0.1) is 6.92 Å². The topological polar surface area (TPSA) is 79.9 Å². The highest BCUT2D eigenvalue weighted by atomic mass is 32.1. The molecule has 2 N–H and O–H groups in total. The third-order valence-electron chi connectivity index (χ3n) is 3.78. The normalized spacial score (nSPS) is 10.7. The van der Waals surface area contributed by atoms with Gasteiger partial charge in [-0.05, 0) is 42.6 Å². The van der Waals surface area contributed by atoms with Gasteiger partial charge >= 0.3 is 0 Å². The quantitative estimate of drug-likeness (QED) is 0.494. The van der Waals surface area contributed by atoms with Crippen molar-refractivity contribution in [2.24, 2.45) is 0 Å². The third-order valence-corrected chi connectivity index (χ3v) is 5.50. The summed E-state index contributed by atoms with van der Waals surface area (Å²) in [6.45, 7) is 2.37. The maximum atomic E-state index is 12.4. The predicted molar refractivity (Wildman–Crippen MR) is 107 cm³/mol. The lowest BCUT2D eigenvalue weighted by atomic mass is 10.2. The molecule has 27 heavy (non-hydrogen) atoms. The second-order valence-corrected chi connectivity index (χ2v) is 7.78. The van der Waals surface area contributed by atoms with Crippen molar-refractivity contribution in [1.29, 1.82) is 0 Å². The Morgan fingerprint density at radius 3 is 2.78 bits per heavy atom. The monoisotopic (exact) mass is 396 g/mol. The molecular weight excluding hydrogens is 380 g/mol. The zero-order valence-electron chi connectivity index (χ0n) is 14.4. The highest BCUT2D eigenvalue weighted by molar-refractivity contribution is 7.13. The number of rotatable bonds is 6. The minimum atomic E-state index is -0.221. The Balaban J connectivity index is 1.36. The minimum absolute atomic E-state index is 0.221. The number of H-pyrrole nitrogens is 1. The summed E-state index contributed by atoms with van der Waals surface area (Å²) in [7, 11) is 0. The Morgan fingerprint density at radius 2 is 2.07 bits per heavy atom. The van der Waals surface area contributed by atoms with Gasteiger partial charge in [-0.3, -0.25) is 9.89 Å². The van der Waals surface area contributed by atoms with Crippen LogP contribution in [0.3, 0.4) is 0 Å². The molecule has 0 atom stereocenters. The van der Waals surface area contributed by atoms with E-state index in [1.165, 1.54) is 0 Å². The van der Waals surface area contributed by atoms with Crippen LogP contribution in [0.25, 0.3) is 10.6 Å². The summed E-state index contributed by atoms with van der Waals surface area (Å²) in [5, 5.41) is 14.8. The Labute approximate surface area is 163 Å². The summed E-state index contributed by atoms with van der Waals surface area (Å²) in [6, 6.07) is 12.8. The number of hydrogen-bond acceptors (Lipinski definition) is 6. The van der Waals surface area contributed by atoms with E-state index in [9.17, 15) is 4.79 Å². The van der Waals surface area contributed by atoms with Crippen LogP contribution in [0.5, 0.6) is 5.75 Å². The SMILES string of the molecule is Cc1nc(COc2ccc(C(=O)Nc3cc(-c4cccs4)[nH]n3)cc2)cs1. The van der Waals surface area contributed by atoms with Crippen LogP contribution < -0.4 is 10.1 Å². The molecule has 6 nitrogen and oxygen atoms in total. The third kappa shape index (κ3) is 4.24. The van der Waals surface area contributed by atoms with Gasteiger partial charge in [-0.15, -0.1) is 22.7 Å². The highest BCUT2D eigenvalue weighted by Crippen LogP contribution is 2.24. The molecule has 0 saturated carbocycles. The first-order valence-corrected chi connectivity index (χ1v) is 9.98. The summed E-state index contributed by atoms with van der Waals surface area (Å²) in [4.78, 5) is 17.8. The summed E-state index contributed by atoms with van der Waals surface area (Å²) in [5.41, 5.74) is 2.31. The molecule has 4 rings (SSSR count). The Bertz CT molecular complexity index is 1040. The zero-order valence-corrected chi connectivity index (χ0v) is 16.1. The van der Waals surface area contributed by atoms with E-state index in [0.717, 1.165) is 21.3 Å². The molecule has 0 aliphatic heterocycles. The van der Waals surface area contributed by atoms with Crippen LogP contribution in [0.4, 0.5) is 5.82 Å². The number of amides is 1. The Hall–Kier alpha value is -2.97. The van der Waals surface area contributed by atoms with Gasteiger partial charge in [-0.2, -0.15) is 5.10 Å². The van der Waals surface area contributed by atoms with Crippen LogP contribution in [-0.2, 0) is 6.61 Å².